The van der Waals surface area contributed by atoms with E-state index in [2.05, 4.69) is 21.3 Å². The van der Waals surface area contributed by atoms with Gasteiger partial charge >= 0.3 is 5.97 Å². The van der Waals surface area contributed by atoms with E-state index in [0.717, 1.165) is 5.56 Å². The third kappa shape index (κ3) is 12.4. The molecule has 2 aromatic carbocycles. The number of rotatable bonds is 17. The van der Waals surface area contributed by atoms with Gasteiger partial charge in [0.05, 0.1) is 6.42 Å². The first-order valence-corrected chi connectivity index (χ1v) is 14.6. The van der Waals surface area contributed by atoms with Crippen LogP contribution in [0.2, 0.25) is 0 Å². The predicted octanol–water partition coefficient (Wildman–Crippen LogP) is 0.607. The summed E-state index contributed by atoms with van der Waals surface area (Å²) in [7, 11) is 0. The molecule has 2 rings (SSSR count). The maximum absolute atomic E-state index is 13.2. The summed E-state index contributed by atoms with van der Waals surface area (Å²) in [5.74, 6) is -5.37. The molecule has 0 heterocycles. The van der Waals surface area contributed by atoms with Crippen molar-refractivity contribution in [2.45, 2.75) is 83.6 Å². The number of benzene rings is 2. The number of carbonyl (C=O) groups excluding carboxylic acids is 5. The molecule has 0 spiro atoms. The second-order valence-electron chi connectivity index (χ2n) is 11.2. The van der Waals surface area contributed by atoms with Crippen LogP contribution in [0.4, 0.5) is 0 Å². The van der Waals surface area contributed by atoms with E-state index in [1.54, 1.807) is 38.1 Å². The number of carboxylic acid groups (broad SMARTS) is 1. The highest BCUT2D eigenvalue weighted by Crippen LogP contribution is 2.13. The molecule has 0 saturated heterocycles. The van der Waals surface area contributed by atoms with Gasteiger partial charge in [0, 0.05) is 13.3 Å². The van der Waals surface area contributed by atoms with Crippen molar-refractivity contribution in [3.05, 3.63) is 65.7 Å². The van der Waals surface area contributed by atoms with E-state index in [1.807, 2.05) is 18.2 Å². The number of amides is 4. The topological polar surface area (TPSA) is 211 Å². The Labute approximate surface area is 261 Å². The lowest BCUT2D eigenvalue weighted by Gasteiger charge is -2.27. The van der Waals surface area contributed by atoms with Crippen molar-refractivity contribution in [1.29, 1.82) is 0 Å². The van der Waals surface area contributed by atoms with Crippen molar-refractivity contribution in [1.82, 2.24) is 21.3 Å². The van der Waals surface area contributed by atoms with Gasteiger partial charge in [0.15, 0.2) is 5.78 Å². The maximum atomic E-state index is 13.2. The van der Waals surface area contributed by atoms with Crippen molar-refractivity contribution in [3.8, 4) is 5.75 Å². The fourth-order valence-electron chi connectivity index (χ4n) is 4.50. The number of carbonyl (C=O) groups is 6. The Balaban J connectivity index is 2.06. The van der Waals surface area contributed by atoms with E-state index in [0.29, 0.717) is 12.0 Å². The molecule has 13 heteroatoms. The van der Waals surface area contributed by atoms with Crippen molar-refractivity contribution in [2.75, 3.05) is 0 Å². The van der Waals surface area contributed by atoms with Crippen LogP contribution in [0.3, 0.4) is 0 Å². The summed E-state index contributed by atoms with van der Waals surface area (Å²) in [6.07, 6.45) is -1.85. The van der Waals surface area contributed by atoms with E-state index >= 15 is 0 Å². The first-order valence-electron chi connectivity index (χ1n) is 14.6. The number of phenols is 1. The van der Waals surface area contributed by atoms with Crippen LogP contribution in [-0.4, -0.2) is 81.0 Å². The lowest BCUT2D eigenvalue weighted by Crippen LogP contribution is -2.59. The first-order chi connectivity index (χ1) is 21.2. The summed E-state index contributed by atoms with van der Waals surface area (Å²) in [5.41, 5.74) is 1.52. The third-order valence-corrected chi connectivity index (χ3v) is 6.99. The summed E-state index contributed by atoms with van der Waals surface area (Å²) >= 11 is 0. The van der Waals surface area contributed by atoms with E-state index < -0.39 is 78.0 Å². The van der Waals surface area contributed by atoms with Gasteiger partial charge in [-0.2, -0.15) is 0 Å². The lowest BCUT2D eigenvalue weighted by atomic mass is 9.98. The quantitative estimate of drug-likeness (QED) is 0.131. The largest absolute Gasteiger partial charge is 0.508 e. The number of aromatic hydroxyl groups is 1. The molecule has 0 aliphatic heterocycles. The Hall–Kier alpha value is -4.78. The molecule has 0 aromatic heterocycles. The highest BCUT2D eigenvalue weighted by atomic mass is 16.4. The van der Waals surface area contributed by atoms with Crippen LogP contribution < -0.4 is 21.3 Å². The molecule has 2 unspecified atom stereocenters. The zero-order valence-electron chi connectivity index (χ0n) is 25.8. The lowest BCUT2D eigenvalue weighted by molar-refractivity contribution is -0.142. The van der Waals surface area contributed by atoms with Crippen molar-refractivity contribution >= 4 is 35.4 Å². The number of aliphatic hydroxyl groups is 1. The smallest absolute Gasteiger partial charge is 0.305 e. The molecule has 4 amide bonds. The number of aliphatic hydroxyl groups excluding tert-OH is 1. The van der Waals surface area contributed by atoms with Crippen LogP contribution in [0.15, 0.2) is 54.6 Å². The molecule has 0 saturated carbocycles. The Bertz CT molecular complexity index is 1330. The zero-order chi connectivity index (χ0) is 33.7. The second-order valence-corrected chi connectivity index (χ2v) is 11.2. The van der Waals surface area contributed by atoms with Crippen molar-refractivity contribution < 1.29 is 44.1 Å². The Morgan fingerprint density at radius 3 is 1.91 bits per heavy atom. The molecule has 0 fully saturated rings. The number of aryl methyl sites for hydroxylation is 1. The molecule has 13 nitrogen and oxygen atoms in total. The highest BCUT2D eigenvalue weighted by Gasteiger charge is 2.33. The molecule has 0 aliphatic rings. The Morgan fingerprint density at radius 2 is 1.36 bits per heavy atom. The fourth-order valence-corrected chi connectivity index (χ4v) is 4.50. The number of hydrogen-bond donors (Lipinski definition) is 7. The van der Waals surface area contributed by atoms with Gasteiger partial charge < -0.3 is 36.6 Å². The van der Waals surface area contributed by atoms with Gasteiger partial charge in [0.25, 0.3) is 0 Å². The normalized spacial score (nSPS) is 14.3. The zero-order valence-corrected chi connectivity index (χ0v) is 25.8. The van der Waals surface area contributed by atoms with E-state index in [9.17, 15) is 44.1 Å². The van der Waals surface area contributed by atoms with Crippen LogP contribution in [-0.2, 0) is 41.6 Å². The monoisotopic (exact) mass is 626 g/mol. The Kier molecular flexibility index (Phi) is 14.2. The number of carboxylic acids is 1. The van der Waals surface area contributed by atoms with Crippen LogP contribution in [0.25, 0.3) is 0 Å². The van der Waals surface area contributed by atoms with Gasteiger partial charge in [0.2, 0.25) is 23.6 Å². The highest BCUT2D eigenvalue weighted by molar-refractivity contribution is 5.97. The minimum absolute atomic E-state index is 0.0170. The van der Waals surface area contributed by atoms with Crippen LogP contribution in [0.1, 0.15) is 51.7 Å². The molecule has 0 aliphatic carbocycles. The molecule has 7 N–H and O–H groups in total. The van der Waals surface area contributed by atoms with Crippen LogP contribution in [0.5, 0.6) is 5.75 Å². The van der Waals surface area contributed by atoms with Gasteiger partial charge in [-0.15, -0.1) is 0 Å². The number of nitrogens with one attached hydrogen (secondary N) is 4. The predicted molar refractivity (Wildman–Crippen MR) is 164 cm³/mol. The van der Waals surface area contributed by atoms with Gasteiger partial charge in [-0.05, 0) is 48.9 Å². The average Bonchev–Trinajstić information content (AvgIpc) is 2.98. The molecule has 244 valence electrons. The number of phenolic OH excluding ortho intramolecular Hbond substituents is 1. The number of Topliss-reactive ketones (excluding diaryl/α,β-unsaturated/α-hetero) is 1. The van der Waals surface area contributed by atoms with Crippen molar-refractivity contribution in [2.24, 2.45) is 5.92 Å². The third-order valence-electron chi connectivity index (χ3n) is 6.99. The number of hydrogen-bond acceptors (Lipinski definition) is 8. The standard InChI is InChI=1S/C32H42N4O9/c1-18(2)28(36-31(44)25(34-20(4)37)16-22-10-13-23(38)14-11-22)32(45)33-19(3)30(43)35-24(17-27(40)41)29(42)26(39)15-12-21-8-6-5-7-9-21/h5-11,13-14,18-19,24-26,28,38-39H,12,15-17H2,1-4H3,(H,33,45)(H,34,37)(H,35,43)(H,36,44)(H,40,41)/t19-,24?,25-,26?,28-/m0/s1. The van der Waals surface area contributed by atoms with Gasteiger partial charge in [-0.25, -0.2) is 0 Å². The minimum Gasteiger partial charge on any atom is -0.508 e. The maximum Gasteiger partial charge on any atom is 0.305 e. The summed E-state index contributed by atoms with van der Waals surface area (Å²) in [4.78, 5) is 75.4. The van der Waals surface area contributed by atoms with Crippen LogP contribution >= 0.6 is 0 Å². The summed E-state index contributed by atoms with van der Waals surface area (Å²) < 4.78 is 0. The first kappa shape index (κ1) is 36.4. The SMILES string of the molecule is CC(=O)N[C@@H](Cc1ccc(O)cc1)C(=O)N[C@H](C(=O)N[C@@H](C)C(=O)NC(CC(=O)O)C(=O)C(O)CCc1ccccc1)C(C)C. The molecular formula is C32H42N4O9. The molecule has 5 atom stereocenters. The second kappa shape index (κ2) is 17.5. The fraction of sp³-hybridized carbons (Fsp3) is 0.438. The summed E-state index contributed by atoms with van der Waals surface area (Å²) in [6.45, 7) is 5.91. The molecule has 0 radical (unpaired) electrons. The molecule has 45 heavy (non-hydrogen) atoms. The van der Waals surface area contributed by atoms with E-state index in [1.165, 1.54) is 26.0 Å². The average molecular weight is 627 g/mol. The van der Waals surface area contributed by atoms with Gasteiger partial charge in [-0.3, -0.25) is 28.8 Å². The number of ketones is 1. The Morgan fingerprint density at radius 1 is 0.733 bits per heavy atom. The molecule has 2 aromatic rings. The van der Waals surface area contributed by atoms with Crippen molar-refractivity contribution in [3.63, 3.8) is 0 Å². The van der Waals surface area contributed by atoms with Crippen LogP contribution in [0, 0.1) is 5.92 Å². The van der Waals surface area contributed by atoms with E-state index in [-0.39, 0.29) is 18.6 Å². The van der Waals surface area contributed by atoms with E-state index in [4.69, 9.17) is 0 Å². The minimum atomic E-state index is -1.54. The molecular weight excluding hydrogens is 584 g/mol. The number of aliphatic carboxylic acids is 1. The molecule has 0 bridgehead atoms. The summed E-state index contributed by atoms with van der Waals surface area (Å²) in [6, 6.07) is 10.2. The van der Waals surface area contributed by atoms with Gasteiger partial charge in [-0.1, -0.05) is 56.3 Å². The summed E-state index contributed by atoms with van der Waals surface area (Å²) in [5, 5.41) is 39.2. The van der Waals surface area contributed by atoms with Gasteiger partial charge in [0.1, 0.15) is 36.0 Å².